The number of benzene rings is 1. The van der Waals surface area contributed by atoms with Crippen molar-refractivity contribution in [1.29, 1.82) is 0 Å². The molecule has 2 rings (SSSR count). The fourth-order valence-corrected chi connectivity index (χ4v) is 2.85. The van der Waals surface area contributed by atoms with Crippen LogP contribution in [-0.2, 0) is 11.1 Å². The van der Waals surface area contributed by atoms with Crippen LogP contribution in [0.3, 0.4) is 0 Å². The van der Waals surface area contributed by atoms with Gasteiger partial charge in [-0.15, -0.1) is 0 Å². The summed E-state index contributed by atoms with van der Waals surface area (Å²) in [6, 6.07) is 6.24. The Kier molecular flexibility index (Phi) is 7.41. The molecule has 0 unspecified atom stereocenters. The molecule has 1 heterocycles. The van der Waals surface area contributed by atoms with E-state index < -0.39 is 0 Å². The molecule has 4 heteroatoms. The van der Waals surface area contributed by atoms with Gasteiger partial charge in [0.05, 0.1) is 5.69 Å². The van der Waals surface area contributed by atoms with E-state index in [1.807, 2.05) is 20.8 Å². The molecule has 0 bridgehead atoms. The van der Waals surface area contributed by atoms with E-state index >= 15 is 0 Å². The third-order valence-electron chi connectivity index (χ3n) is 4.22. The van der Waals surface area contributed by atoms with Crippen LogP contribution < -0.4 is 5.62 Å². The number of hydrogen-bond acceptors (Lipinski definition) is 1. The van der Waals surface area contributed by atoms with Gasteiger partial charge in [-0.2, -0.15) is 4.99 Å². The van der Waals surface area contributed by atoms with Crippen LogP contribution in [0.15, 0.2) is 40.6 Å². The predicted octanol–water partition coefficient (Wildman–Crippen LogP) is 6.09. The summed E-state index contributed by atoms with van der Waals surface area (Å²) in [6.07, 6.45) is 4.22. The molecule has 0 fully saturated rings. The van der Waals surface area contributed by atoms with Crippen molar-refractivity contribution < 1.29 is 0 Å². The molecule has 0 saturated heterocycles. The zero-order valence-electron chi connectivity index (χ0n) is 19.2. The molecule has 150 valence electrons. The van der Waals surface area contributed by atoms with E-state index in [1.54, 1.807) is 0 Å². The standard InChI is InChI=1S/C21H32N4.C2H6/c1-15-11-10-12-16(2)18(15)22-17(3)23-19-24(20(4,5)6)13-14-25(19)21(7,8)9;1-2/h10-14H,1-9H3;1-2H3. The minimum Gasteiger partial charge on any atom is -0.312 e. The first-order valence-corrected chi connectivity index (χ1v) is 9.88. The van der Waals surface area contributed by atoms with Crippen LogP contribution in [0.2, 0.25) is 0 Å². The van der Waals surface area contributed by atoms with E-state index in [2.05, 4.69) is 95.1 Å². The molecule has 2 aromatic rings. The van der Waals surface area contributed by atoms with Crippen molar-refractivity contribution in [2.75, 3.05) is 0 Å². The van der Waals surface area contributed by atoms with Gasteiger partial charge in [0.15, 0.2) is 0 Å². The van der Waals surface area contributed by atoms with Gasteiger partial charge in [0.2, 0.25) is 5.62 Å². The van der Waals surface area contributed by atoms with Crippen LogP contribution in [0, 0.1) is 13.8 Å². The number of amidine groups is 1. The lowest BCUT2D eigenvalue weighted by Gasteiger charge is -2.24. The topological polar surface area (TPSA) is 34.6 Å². The average molecular weight is 371 g/mol. The molecule has 0 saturated carbocycles. The van der Waals surface area contributed by atoms with Crippen molar-refractivity contribution >= 4 is 11.5 Å². The monoisotopic (exact) mass is 370 g/mol. The highest BCUT2D eigenvalue weighted by molar-refractivity contribution is 5.84. The number of imidazole rings is 1. The highest BCUT2D eigenvalue weighted by Crippen LogP contribution is 2.23. The number of nitrogens with zero attached hydrogens (tertiary/aromatic N) is 4. The smallest absolute Gasteiger partial charge is 0.212 e. The van der Waals surface area contributed by atoms with Gasteiger partial charge in [-0.3, -0.25) is 0 Å². The summed E-state index contributed by atoms with van der Waals surface area (Å²) in [5.74, 6) is 0.764. The lowest BCUT2D eigenvalue weighted by atomic mass is 10.1. The number of aryl methyl sites for hydroxylation is 2. The molecule has 1 aromatic heterocycles. The predicted molar refractivity (Wildman–Crippen MR) is 118 cm³/mol. The first-order chi connectivity index (χ1) is 12.4. The summed E-state index contributed by atoms with van der Waals surface area (Å²) in [5.41, 5.74) is 4.18. The van der Waals surface area contributed by atoms with E-state index in [0.29, 0.717) is 0 Å². The summed E-state index contributed by atoms with van der Waals surface area (Å²) in [6.45, 7) is 23.3. The third-order valence-corrected chi connectivity index (χ3v) is 4.22. The second kappa shape index (κ2) is 8.73. The zero-order valence-corrected chi connectivity index (χ0v) is 19.2. The van der Waals surface area contributed by atoms with Gasteiger partial charge in [0, 0.05) is 23.5 Å². The van der Waals surface area contributed by atoms with Crippen molar-refractivity contribution in [3.63, 3.8) is 0 Å². The molecular formula is C23H38N4. The van der Waals surface area contributed by atoms with E-state index in [-0.39, 0.29) is 11.1 Å². The molecule has 0 amide bonds. The van der Waals surface area contributed by atoms with Crippen LogP contribution in [0.5, 0.6) is 0 Å². The number of para-hydroxylation sites is 1. The molecule has 0 aliphatic carbocycles. The maximum atomic E-state index is 4.91. The first-order valence-electron chi connectivity index (χ1n) is 9.88. The largest absolute Gasteiger partial charge is 0.312 e. The lowest BCUT2D eigenvalue weighted by molar-refractivity contribution is 0.337. The highest BCUT2D eigenvalue weighted by atomic mass is 15.2. The van der Waals surface area contributed by atoms with Crippen molar-refractivity contribution in [1.82, 2.24) is 9.13 Å². The Morgan fingerprint density at radius 2 is 1.22 bits per heavy atom. The summed E-state index contributed by atoms with van der Waals surface area (Å²) in [5, 5.41) is 0. The van der Waals surface area contributed by atoms with Crippen LogP contribution >= 0.6 is 0 Å². The number of rotatable bonds is 1. The summed E-state index contributed by atoms with van der Waals surface area (Å²) >= 11 is 0. The van der Waals surface area contributed by atoms with Gasteiger partial charge in [0.1, 0.15) is 5.84 Å². The first kappa shape index (κ1) is 22.9. The Balaban J connectivity index is 0.00000176. The maximum Gasteiger partial charge on any atom is 0.212 e. The van der Waals surface area contributed by atoms with Gasteiger partial charge in [-0.1, -0.05) is 32.0 Å². The Morgan fingerprint density at radius 3 is 1.59 bits per heavy atom. The zero-order chi connectivity index (χ0) is 21.0. The second-order valence-electron chi connectivity index (χ2n) is 8.69. The quantitative estimate of drug-likeness (QED) is 0.430. The molecule has 0 aliphatic rings. The minimum absolute atomic E-state index is 0.0474. The highest BCUT2D eigenvalue weighted by Gasteiger charge is 2.21. The van der Waals surface area contributed by atoms with Crippen molar-refractivity contribution in [3.8, 4) is 0 Å². The molecule has 4 nitrogen and oxygen atoms in total. The summed E-state index contributed by atoms with van der Waals surface area (Å²) < 4.78 is 4.42. The average Bonchev–Trinajstić information content (AvgIpc) is 2.97. The summed E-state index contributed by atoms with van der Waals surface area (Å²) in [7, 11) is 0. The maximum absolute atomic E-state index is 4.91. The lowest BCUT2D eigenvalue weighted by Crippen LogP contribution is -2.41. The van der Waals surface area contributed by atoms with Gasteiger partial charge in [-0.05, 0) is 73.4 Å². The van der Waals surface area contributed by atoms with Gasteiger partial charge < -0.3 is 9.13 Å². The minimum atomic E-state index is -0.0474. The Bertz CT molecular complexity index is 795. The van der Waals surface area contributed by atoms with E-state index in [9.17, 15) is 0 Å². The van der Waals surface area contributed by atoms with Crippen LogP contribution in [-0.4, -0.2) is 15.0 Å². The number of hydrogen-bond donors (Lipinski definition) is 0. The molecule has 0 N–H and O–H groups in total. The molecule has 0 aliphatic heterocycles. The molecule has 27 heavy (non-hydrogen) atoms. The van der Waals surface area contributed by atoms with Gasteiger partial charge >= 0.3 is 0 Å². The van der Waals surface area contributed by atoms with Crippen LogP contribution in [0.25, 0.3) is 0 Å². The number of aromatic nitrogens is 2. The normalized spacial score (nSPS) is 12.5. The second-order valence-corrected chi connectivity index (χ2v) is 8.69. The molecule has 1 aromatic carbocycles. The molecule has 0 spiro atoms. The van der Waals surface area contributed by atoms with Gasteiger partial charge in [0.25, 0.3) is 0 Å². The van der Waals surface area contributed by atoms with Crippen molar-refractivity contribution in [3.05, 3.63) is 47.3 Å². The molecule has 0 radical (unpaired) electrons. The fraction of sp³-hybridized carbons (Fsp3) is 0.565. The third kappa shape index (κ3) is 5.69. The van der Waals surface area contributed by atoms with E-state index in [4.69, 9.17) is 9.98 Å². The van der Waals surface area contributed by atoms with Gasteiger partial charge in [-0.25, -0.2) is 4.99 Å². The fourth-order valence-electron chi connectivity index (χ4n) is 2.85. The van der Waals surface area contributed by atoms with E-state index in [0.717, 1.165) is 17.1 Å². The van der Waals surface area contributed by atoms with Crippen molar-refractivity contribution in [2.45, 2.75) is 87.2 Å². The molecule has 0 atom stereocenters. The van der Waals surface area contributed by atoms with Crippen molar-refractivity contribution in [2.24, 2.45) is 9.98 Å². The Labute approximate surface area is 165 Å². The Morgan fingerprint density at radius 1 is 0.815 bits per heavy atom. The van der Waals surface area contributed by atoms with Crippen LogP contribution in [0.1, 0.15) is 73.4 Å². The SMILES string of the molecule is CC.CC(=Nc1c(C)cccc1C)N=c1n(C(C)(C)C)ccn1C(C)(C)C. The number of aliphatic imine (C=N–C) groups is 1. The van der Waals surface area contributed by atoms with E-state index in [1.165, 1.54) is 11.1 Å². The molecular weight excluding hydrogens is 332 g/mol. The summed E-state index contributed by atoms with van der Waals surface area (Å²) in [4.78, 5) is 9.71. The Hall–Kier alpha value is -2.10. The van der Waals surface area contributed by atoms with Crippen LogP contribution in [0.4, 0.5) is 5.69 Å².